The Balaban J connectivity index is 1.23. The van der Waals surface area contributed by atoms with Gasteiger partial charge in [0.1, 0.15) is 24.1 Å². The number of nitrogens with one attached hydrogen (secondary N) is 1. The Bertz CT molecular complexity index is 997. The molecular weight excluding hydrogens is 400 g/mol. The molecule has 31 heavy (non-hydrogen) atoms. The van der Waals surface area contributed by atoms with Crippen LogP contribution in [0, 0.1) is 0 Å². The molecule has 0 atom stereocenters. The van der Waals surface area contributed by atoms with E-state index in [1.165, 1.54) is 6.33 Å². The minimum atomic E-state index is 0.0832. The number of rotatable bonds is 6. The highest BCUT2D eigenvalue weighted by Gasteiger charge is 2.25. The molecule has 5 rings (SSSR count). The quantitative estimate of drug-likeness (QED) is 0.623. The predicted octanol–water partition coefficient (Wildman–Crippen LogP) is 1.56. The molecule has 164 valence electrons. The first-order chi connectivity index (χ1) is 15.3. The molecule has 3 aromatic rings. The molecule has 0 unspecified atom stereocenters. The fourth-order valence-corrected chi connectivity index (χ4v) is 4.00. The van der Waals surface area contributed by atoms with Gasteiger partial charge in [0.25, 0.3) is 0 Å². The maximum Gasteiger partial charge on any atom is 0.321 e. The van der Waals surface area contributed by atoms with E-state index in [0.29, 0.717) is 31.1 Å². The molecule has 1 saturated heterocycles. The number of hydrogen-bond acceptors (Lipinski definition) is 10. The number of nitrogens with zero attached hydrogens (tertiary/aromatic N) is 7. The number of aromatic nitrogens is 6. The standard InChI is InChI=1S/C20H26N8O3/c1-29-19-12-21-16(11-22-19)25-14-2-4-15(5-3-14)31-20-26-18(27-6-8-30-9-7-27)10-17-23-13-24-28(17)20/h10-15H,2-9H2,1H3,(H,21,25)/t14-,15+. The molecule has 1 saturated carbocycles. The molecule has 0 bridgehead atoms. The Morgan fingerprint density at radius 2 is 1.90 bits per heavy atom. The first-order valence-electron chi connectivity index (χ1n) is 10.6. The minimum absolute atomic E-state index is 0.0832. The summed E-state index contributed by atoms with van der Waals surface area (Å²) in [6, 6.07) is 2.78. The van der Waals surface area contributed by atoms with Crippen molar-refractivity contribution in [2.75, 3.05) is 43.6 Å². The van der Waals surface area contributed by atoms with Crippen molar-refractivity contribution in [1.82, 2.24) is 29.5 Å². The van der Waals surface area contributed by atoms with Gasteiger partial charge in [-0.05, 0) is 25.7 Å². The zero-order valence-corrected chi connectivity index (χ0v) is 17.5. The molecule has 0 spiro atoms. The molecule has 0 radical (unpaired) electrons. The van der Waals surface area contributed by atoms with Gasteiger partial charge in [-0.1, -0.05) is 0 Å². The number of hydrogen-bond donors (Lipinski definition) is 1. The van der Waals surface area contributed by atoms with Crippen LogP contribution in [0.2, 0.25) is 0 Å². The average molecular weight is 426 g/mol. The van der Waals surface area contributed by atoms with Gasteiger partial charge in [0.15, 0.2) is 5.65 Å². The Labute approximate surface area is 179 Å². The lowest BCUT2D eigenvalue weighted by molar-refractivity contribution is 0.121. The first kappa shape index (κ1) is 19.7. The normalized spacial score (nSPS) is 21.8. The van der Waals surface area contributed by atoms with Crippen molar-refractivity contribution in [3.8, 4) is 11.9 Å². The molecule has 3 aromatic heterocycles. The number of fused-ring (bicyclic) bond motifs is 1. The summed E-state index contributed by atoms with van der Waals surface area (Å²) in [6.07, 6.45) is 8.72. The Kier molecular flexibility index (Phi) is 5.65. The molecule has 0 amide bonds. The van der Waals surface area contributed by atoms with E-state index in [4.69, 9.17) is 19.2 Å². The maximum atomic E-state index is 6.31. The van der Waals surface area contributed by atoms with E-state index in [1.807, 2.05) is 6.07 Å². The molecular formula is C20H26N8O3. The van der Waals surface area contributed by atoms with Gasteiger partial charge in [0.2, 0.25) is 5.88 Å². The second-order valence-electron chi connectivity index (χ2n) is 7.71. The van der Waals surface area contributed by atoms with Gasteiger partial charge < -0.3 is 24.4 Å². The lowest BCUT2D eigenvalue weighted by atomic mass is 9.93. The molecule has 1 N–H and O–H groups in total. The predicted molar refractivity (Wildman–Crippen MR) is 113 cm³/mol. The summed E-state index contributed by atoms with van der Waals surface area (Å²) >= 11 is 0. The molecule has 2 fully saturated rings. The van der Waals surface area contributed by atoms with Crippen LogP contribution in [0.4, 0.5) is 11.6 Å². The van der Waals surface area contributed by atoms with E-state index in [0.717, 1.165) is 56.1 Å². The van der Waals surface area contributed by atoms with Gasteiger partial charge in [-0.15, -0.1) is 0 Å². The number of methoxy groups -OCH3 is 1. The van der Waals surface area contributed by atoms with Gasteiger partial charge in [-0.2, -0.15) is 14.6 Å². The highest BCUT2D eigenvalue weighted by atomic mass is 16.5. The van der Waals surface area contributed by atoms with Crippen molar-refractivity contribution in [2.24, 2.45) is 0 Å². The van der Waals surface area contributed by atoms with Crippen LogP contribution in [0.1, 0.15) is 25.7 Å². The second kappa shape index (κ2) is 8.88. The SMILES string of the molecule is COc1cnc(N[C@H]2CC[C@@H](Oc3nc(N4CCOCC4)cc4ncnn34)CC2)cn1. The zero-order valence-electron chi connectivity index (χ0n) is 17.5. The largest absolute Gasteiger partial charge is 0.480 e. The van der Waals surface area contributed by atoms with Crippen molar-refractivity contribution < 1.29 is 14.2 Å². The monoisotopic (exact) mass is 426 g/mol. The highest BCUT2D eigenvalue weighted by Crippen LogP contribution is 2.27. The minimum Gasteiger partial charge on any atom is -0.480 e. The third-order valence-electron chi connectivity index (χ3n) is 5.69. The molecule has 11 heteroatoms. The van der Waals surface area contributed by atoms with Crippen LogP contribution in [-0.4, -0.2) is 75.1 Å². The van der Waals surface area contributed by atoms with E-state index < -0.39 is 0 Å². The van der Waals surface area contributed by atoms with Crippen LogP contribution in [0.5, 0.6) is 11.9 Å². The van der Waals surface area contributed by atoms with E-state index >= 15 is 0 Å². The Morgan fingerprint density at radius 1 is 1.06 bits per heavy atom. The van der Waals surface area contributed by atoms with Crippen LogP contribution in [0.25, 0.3) is 5.65 Å². The lowest BCUT2D eigenvalue weighted by Crippen LogP contribution is -2.37. The third-order valence-corrected chi connectivity index (χ3v) is 5.69. The summed E-state index contributed by atoms with van der Waals surface area (Å²) in [5.74, 6) is 2.12. The summed E-state index contributed by atoms with van der Waals surface area (Å²) in [7, 11) is 1.58. The van der Waals surface area contributed by atoms with E-state index in [2.05, 4.69) is 30.3 Å². The summed E-state index contributed by atoms with van der Waals surface area (Å²) in [5.41, 5.74) is 0.736. The van der Waals surface area contributed by atoms with Crippen LogP contribution in [0.15, 0.2) is 24.8 Å². The van der Waals surface area contributed by atoms with Gasteiger partial charge in [-0.25, -0.2) is 15.0 Å². The van der Waals surface area contributed by atoms with Crippen LogP contribution in [-0.2, 0) is 4.74 Å². The molecule has 1 aliphatic heterocycles. The average Bonchev–Trinajstić information content (AvgIpc) is 3.31. The Morgan fingerprint density at radius 3 is 2.65 bits per heavy atom. The Hall–Kier alpha value is -3.21. The summed E-state index contributed by atoms with van der Waals surface area (Å²) in [6.45, 7) is 3.01. The van der Waals surface area contributed by atoms with E-state index in [9.17, 15) is 0 Å². The maximum absolute atomic E-state index is 6.31. The van der Waals surface area contributed by atoms with E-state index in [1.54, 1.807) is 24.0 Å². The van der Waals surface area contributed by atoms with Gasteiger partial charge in [0, 0.05) is 25.2 Å². The number of morpholine rings is 1. The second-order valence-corrected chi connectivity index (χ2v) is 7.71. The summed E-state index contributed by atoms with van der Waals surface area (Å²) in [5, 5.41) is 7.74. The van der Waals surface area contributed by atoms with Gasteiger partial charge in [0.05, 0.1) is 32.7 Å². The fourth-order valence-electron chi connectivity index (χ4n) is 4.00. The lowest BCUT2D eigenvalue weighted by Gasteiger charge is -2.30. The molecule has 0 aromatic carbocycles. The molecule has 2 aliphatic rings. The van der Waals surface area contributed by atoms with Crippen molar-refractivity contribution >= 4 is 17.3 Å². The van der Waals surface area contributed by atoms with Crippen LogP contribution >= 0.6 is 0 Å². The number of ether oxygens (including phenoxy) is 3. The smallest absolute Gasteiger partial charge is 0.321 e. The third kappa shape index (κ3) is 4.46. The number of anilines is 2. The molecule has 4 heterocycles. The molecule has 11 nitrogen and oxygen atoms in total. The van der Waals surface area contributed by atoms with Gasteiger partial charge >= 0.3 is 6.01 Å². The topological polar surface area (TPSA) is 112 Å². The van der Waals surface area contributed by atoms with Crippen molar-refractivity contribution in [3.63, 3.8) is 0 Å². The zero-order chi connectivity index (χ0) is 21.0. The van der Waals surface area contributed by atoms with Gasteiger partial charge in [-0.3, -0.25) is 0 Å². The van der Waals surface area contributed by atoms with E-state index in [-0.39, 0.29) is 6.10 Å². The summed E-state index contributed by atoms with van der Waals surface area (Å²) in [4.78, 5) is 19.8. The highest BCUT2D eigenvalue weighted by molar-refractivity contribution is 5.52. The van der Waals surface area contributed by atoms with Crippen LogP contribution in [0.3, 0.4) is 0 Å². The van der Waals surface area contributed by atoms with Crippen LogP contribution < -0.4 is 19.7 Å². The van der Waals surface area contributed by atoms with Crippen molar-refractivity contribution in [3.05, 3.63) is 24.8 Å². The summed E-state index contributed by atoms with van der Waals surface area (Å²) < 4.78 is 18.5. The van der Waals surface area contributed by atoms with Crippen molar-refractivity contribution in [1.29, 1.82) is 0 Å². The fraction of sp³-hybridized carbons (Fsp3) is 0.550. The molecule has 1 aliphatic carbocycles. The first-order valence-corrected chi connectivity index (χ1v) is 10.6. The van der Waals surface area contributed by atoms with Crippen molar-refractivity contribution in [2.45, 2.75) is 37.8 Å².